The second kappa shape index (κ2) is 6.51. The van der Waals surface area contributed by atoms with Crippen LogP contribution in [0.4, 0.5) is 0 Å². The lowest BCUT2D eigenvalue weighted by atomic mass is 10.3. The quantitative estimate of drug-likeness (QED) is 0.582. The predicted octanol–water partition coefficient (Wildman–Crippen LogP) is 1.85. The molecule has 1 aliphatic rings. The fourth-order valence-corrected chi connectivity index (χ4v) is 3.34. The Bertz CT molecular complexity index is 592. The van der Waals surface area contributed by atoms with Crippen molar-refractivity contribution in [1.82, 2.24) is 0 Å². The highest BCUT2D eigenvalue weighted by Crippen LogP contribution is 2.43. The molecule has 0 fully saturated rings. The van der Waals surface area contributed by atoms with Crippen LogP contribution in [0.2, 0.25) is 0 Å². The lowest BCUT2D eigenvalue weighted by Crippen LogP contribution is -2.33. The summed E-state index contributed by atoms with van der Waals surface area (Å²) in [5.41, 5.74) is 0. The standard InChI is InChI=1S/C13H20O6S2/c1-8(21(14,15)16)4-5-17-6-11-7-18-12-9(2)20-10(3)13(12)19-11/h8,11H,4-7H2,1-3H3,(H,14,15,16)/p-1. The molecule has 1 aromatic rings. The Kier molecular flexibility index (Phi) is 5.13. The summed E-state index contributed by atoms with van der Waals surface area (Å²) in [4.78, 5) is 2.16. The molecule has 0 bridgehead atoms. The van der Waals surface area contributed by atoms with Gasteiger partial charge in [0.25, 0.3) is 0 Å². The van der Waals surface area contributed by atoms with Crippen LogP contribution >= 0.6 is 11.3 Å². The van der Waals surface area contributed by atoms with Gasteiger partial charge in [-0.3, -0.25) is 0 Å². The van der Waals surface area contributed by atoms with Gasteiger partial charge in [-0.1, -0.05) is 0 Å². The summed E-state index contributed by atoms with van der Waals surface area (Å²) in [6.07, 6.45) is -0.0364. The van der Waals surface area contributed by atoms with Crippen LogP contribution in [0.3, 0.4) is 0 Å². The molecular weight excluding hydrogens is 316 g/mol. The average Bonchev–Trinajstić information content (AvgIpc) is 2.68. The monoisotopic (exact) mass is 335 g/mol. The first-order valence-electron chi connectivity index (χ1n) is 6.71. The molecule has 6 nitrogen and oxygen atoms in total. The van der Waals surface area contributed by atoms with Gasteiger partial charge in [0, 0.05) is 21.6 Å². The van der Waals surface area contributed by atoms with Gasteiger partial charge in [0.1, 0.15) is 6.61 Å². The van der Waals surface area contributed by atoms with Gasteiger partial charge in [-0.25, -0.2) is 8.42 Å². The van der Waals surface area contributed by atoms with Crippen LogP contribution in [0.5, 0.6) is 11.5 Å². The normalized spacial score (nSPS) is 19.5. The van der Waals surface area contributed by atoms with Crippen molar-refractivity contribution in [2.24, 2.45) is 0 Å². The lowest BCUT2D eigenvalue weighted by molar-refractivity contribution is 0.00818. The van der Waals surface area contributed by atoms with Gasteiger partial charge >= 0.3 is 0 Å². The van der Waals surface area contributed by atoms with Crippen molar-refractivity contribution in [2.75, 3.05) is 19.8 Å². The van der Waals surface area contributed by atoms with Gasteiger partial charge in [0.15, 0.2) is 17.6 Å². The zero-order valence-electron chi connectivity index (χ0n) is 12.2. The Balaban J connectivity index is 1.78. The van der Waals surface area contributed by atoms with Gasteiger partial charge in [-0.2, -0.15) is 0 Å². The van der Waals surface area contributed by atoms with Gasteiger partial charge in [-0.05, 0) is 27.2 Å². The van der Waals surface area contributed by atoms with Crippen molar-refractivity contribution >= 4 is 21.5 Å². The molecule has 1 aliphatic heterocycles. The number of rotatable bonds is 6. The minimum Gasteiger partial charge on any atom is -0.748 e. The molecule has 0 aliphatic carbocycles. The molecule has 0 aromatic carbocycles. The van der Waals surface area contributed by atoms with E-state index in [0.717, 1.165) is 21.3 Å². The maximum atomic E-state index is 10.7. The predicted molar refractivity (Wildman–Crippen MR) is 78.3 cm³/mol. The molecule has 0 spiro atoms. The summed E-state index contributed by atoms with van der Waals surface area (Å²) in [6.45, 7) is 6.26. The van der Waals surface area contributed by atoms with E-state index in [9.17, 15) is 13.0 Å². The van der Waals surface area contributed by atoms with Crippen molar-refractivity contribution in [2.45, 2.75) is 38.5 Å². The zero-order valence-corrected chi connectivity index (χ0v) is 13.9. The summed E-state index contributed by atoms with van der Waals surface area (Å²) in [5, 5.41) is -0.936. The molecule has 2 atom stereocenters. The molecule has 8 heteroatoms. The highest BCUT2D eigenvalue weighted by atomic mass is 32.2. The molecular formula is C13H19O6S2-. The second-order valence-electron chi connectivity index (χ2n) is 5.09. The molecule has 0 N–H and O–H groups in total. The SMILES string of the molecule is Cc1sc(C)c2c1OCC(COCCC(C)S(=O)(=O)[O-])O2. The number of hydrogen-bond donors (Lipinski definition) is 0. The Morgan fingerprint density at radius 2 is 2.05 bits per heavy atom. The van der Waals surface area contributed by atoms with Crippen LogP contribution in [0.25, 0.3) is 0 Å². The molecule has 2 rings (SSSR count). The van der Waals surface area contributed by atoms with E-state index in [2.05, 4.69) is 0 Å². The molecule has 0 saturated heterocycles. The zero-order chi connectivity index (χ0) is 15.6. The van der Waals surface area contributed by atoms with Gasteiger partial charge in [0.2, 0.25) is 0 Å². The molecule has 0 saturated carbocycles. The number of hydrogen-bond acceptors (Lipinski definition) is 7. The molecule has 1 aromatic heterocycles. The first kappa shape index (κ1) is 16.5. The summed E-state index contributed by atoms with van der Waals surface area (Å²) >= 11 is 1.63. The minimum atomic E-state index is -4.24. The summed E-state index contributed by atoms with van der Waals surface area (Å²) < 4.78 is 49.2. The number of aryl methyl sites for hydroxylation is 2. The van der Waals surface area contributed by atoms with Crippen LogP contribution in [0.15, 0.2) is 0 Å². The molecule has 0 amide bonds. The summed E-state index contributed by atoms with van der Waals surface area (Å²) in [7, 11) is -4.24. The van der Waals surface area contributed by atoms with Crippen molar-refractivity contribution in [3.8, 4) is 11.5 Å². The van der Waals surface area contributed by atoms with Crippen LogP contribution in [0.1, 0.15) is 23.1 Å². The van der Waals surface area contributed by atoms with Crippen LogP contribution < -0.4 is 9.47 Å². The van der Waals surface area contributed by atoms with Crippen molar-refractivity contribution in [1.29, 1.82) is 0 Å². The van der Waals surface area contributed by atoms with E-state index in [1.54, 1.807) is 11.3 Å². The fourth-order valence-electron chi connectivity index (χ4n) is 2.01. The third-order valence-corrected chi connectivity index (χ3v) is 5.52. The topological polar surface area (TPSA) is 84.9 Å². The number of fused-ring (bicyclic) bond motifs is 1. The molecule has 0 radical (unpaired) electrons. The van der Waals surface area contributed by atoms with E-state index < -0.39 is 15.4 Å². The minimum absolute atomic E-state index is 0.182. The highest BCUT2D eigenvalue weighted by molar-refractivity contribution is 7.86. The van der Waals surface area contributed by atoms with Crippen molar-refractivity contribution < 1.29 is 27.2 Å². The van der Waals surface area contributed by atoms with E-state index in [0.29, 0.717) is 13.2 Å². The molecule has 120 valence electrons. The number of ether oxygens (including phenoxy) is 3. The molecule has 2 heterocycles. The Labute approximate surface area is 128 Å². The van der Waals surface area contributed by atoms with Crippen molar-refractivity contribution in [3.63, 3.8) is 0 Å². The summed E-state index contributed by atoms with van der Waals surface area (Å²) in [5.74, 6) is 1.58. The molecule has 21 heavy (non-hydrogen) atoms. The first-order valence-corrected chi connectivity index (χ1v) is 8.99. The maximum Gasteiger partial charge on any atom is 0.175 e. The van der Waals surface area contributed by atoms with E-state index >= 15 is 0 Å². The van der Waals surface area contributed by atoms with E-state index in [1.165, 1.54) is 6.92 Å². The molecule has 2 unspecified atom stereocenters. The summed E-state index contributed by atoms with van der Waals surface area (Å²) in [6, 6.07) is 0. The van der Waals surface area contributed by atoms with Crippen LogP contribution in [0, 0.1) is 13.8 Å². The Morgan fingerprint density at radius 3 is 2.71 bits per heavy atom. The third kappa shape index (κ3) is 4.09. The fraction of sp³-hybridized carbons (Fsp3) is 0.692. The van der Waals surface area contributed by atoms with E-state index in [1.807, 2.05) is 13.8 Å². The lowest BCUT2D eigenvalue weighted by Gasteiger charge is -2.25. The van der Waals surface area contributed by atoms with E-state index in [4.69, 9.17) is 14.2 Å². The van der Waals surface area contributed by atoms with E-state index in [-0.39, 0.29) is 19.1 Å². The highest BCUT2D eigenvalue weighted by Gasteiger charge is 2.26. The third-order valence-electron chi connectivity index (χ3n) is 3.32. The van der Waals surface area contributed by atoms with Gasteiger partial charge < -0.3 is 18.8 Å². The Hall–Kier alpha value is -0.830. The van der Waals surface area contributed by atoms with Crippen molar-refractivity contribution in [3.05, 3.63) is 9.75 Å². The largest absolute Gasteiger partial charge is 0.748 e. The Morgan fingerprint density at radius 1 is 1.38 bits per heavy atom. The number of thiophene rings is 1. The first-order chi connectivity index (χ1) is 9.79. The van der Waals surface area contributed by atoms with Gasteiger partial charge in [0.05, 0.1) is 16.7 Å². The van der Waals surface area contributed by atoms with Crippen LogP contribution in [-0.4, -0.2) is 44.1 Å². The smallest absolute Gasteiger partial charge is 0.175 e. The maximum absolute atomic E-state index is 10.7. The average molecular weight is 335 g/mol. The van der Waals surface area contributed by atoms with Crippen LogP contribution in [-0.2, 0) is 14.9 Å². The van der Waals surface area contributed by atoms with Gasteiger partial charge in [-0.15, -0.1) is 11.3 Å². The second-order valence-corrected chi connectivity index (χ2v) is 8.31.